The Morgan fingerprint density at radius 1 is 1.05 bits per heavy atom. The summed E-state index contributed by atoms with van der Waals surface area (Å²) in [6.45, 7) is 3.72. The monoisotopic (exact) mass is 302 g/mol. The normalized spacial score (nSPS) is 28.5. The van der Waals surface area contributed by atoms with E-state index < -0.39 is 23.1 Å². The molecule has 5 heteroatoms. The summed E-state index contributed by atoms with van der Waals surface area (Å²) in [5, 5.41) is 0. The smallest absolute Gasteiger partial charge is 0.337 e. The van der Waals surface area contributed by atoms with E-state index in [9.17, 15) is 9.59 Å². The fourth-order valence-corrected chi connectivity index (χ4v) is 3.73. The highest BCUT2D eigenvalue weighted by Gasteiger charge is 2.65. The molecule has 2 aliphatic rings. The van der Waals surface area contributed by atoms with Crippen LogP contribution in [0.1, 0.15) is 31.4 Å². The van der Waals surface area contributed by atoms with Gasteiger partial charge in [-0.1, -0.05) is 31.2 Å². The number of benzene rings is 1. The molecule has 2 aliphatic heterocycles. The van der Waals surface area contributed by atoms with Crippen molar-refractivity contribution in [3.05, 3.63) is 46.5 Å². The van der Waals surface area contributed by atoms with Crippen molar-refractivity contribution in [3.63, 3.8) is 0 Å². The molecule has 0 aliphatic carbocycles. The van der Waals surface area contributed by atoms with Crippen molar-refractivity contribution in [2.24, 2.45) is 0 Å². The predicted molar refractivity (Wildman–Crippen MR) is 77.9 cm³/mol. The topological polar surface area (TPSA) is 61.8 Å². The molecule has 2 atom stereocenters. The molecule has 0 N–H and O–H groups in total. The van der Waals surface area contributed by atoms with Gasteiger partial charge in [0.15, 0.2) is 0 Å². The van der Waals surface area contributed by atoms with E-state index >= 15 is 0 Å². The average molecular weight is 302 g/mol. The second-order valence-corrected chi connectivity index (χ2v) is 5.59. The molecule has 0 radical (unpaired) electrons. The highest BCUT2D eigenvalue weighted by atomic mass is 16.6. The lowest BCUT2D eigenvalue weighted by atomic mass is 9.72. The maximum Gasteiger partial charge on any atom is 0.337 e. The lowest BCUT2D eigenvalue weighted by Crippen LogP contribution is -2.32. The number of hydrogen-bond donors (Lipinski definition) is 0. The summed E-state index contributed by atoms with van der Waals surface area (Å²) in [5.41, 5.74) is 0.344. The minimum Gasteiger partial charge on any atom is -0.466 e. The standard InChI is InChI=1S/C17H18O5/c1-5-17-11-9-7-6-8-10(11)16(2,22-17)12(14(18)20-3)13(17)15(19)21-4/h6-9H,5H2,1-4H3/t16-,17+/m1/s1. The van der Waals surface area contributed by atoms with Gasteiger partial charge in [0.05, 0.1) is 25.4 Å². The zero-order valence-electron chi connectivity index (χ0n) is 13.1. The first kappa shape index (κ1) is 14.8. The Labute approximate surface area is 128 Å². The number of rotatable bonds is 3. The van der Waals surface area contributed by atoms with Gasteiger partial charge in [-0.3, -0.25) is 0 Å². The van der Waals surface area contributed by atoms with Gasteiger partial charge in [-0.2, -0.15) is 0 Å². The molecule has 1 aromatic rings. The molecule has 5 nitrogen and oxygen atoms in total. The summed E-state index contributed by atoms with van der Waals surface area (Å²) in [6.07, 6.45) is 0.518. The third-order valence-electron chi connectivity index (χ3n) is 4.66. The molecule has 0 saturated heterocycles. The molecule has 0 saturated carbocycles. The van der Waals surface area contributed by atoms with Crippen molar-refractivity contribution < 1.29 is 23.8 Å². The van der Waals surface area contributed by atoms with Gasteiger partial charge in [0.1, 0.15) is 11.2 Å². The summed E-state index contributed by atoms with van der Waals surface area (Å²) >= 11 is 0. The first-order valence-electron chi connectivity index (χ1n) is 7.18. The SMILES string of the molecule is CC[C@@]12O[C@@](C)(C(C(=O)OC)=C1C(=O)OC)c1ccccc12. The first-order chi connectivity index (χ1) is 10.5. The predicted octanol–water partition coefficient (Wildman–Crippen LogP) is 2.19. The van der Waals surface area contributed by atoms with Gasteiger partial charge in [-0.05, 0) is 24.5 Å². The Kier molecular flexibility index (Phi) is 3.14. The molecule has 2 bridgehead atoms. The maximum atomic E-state index is 12.4. The van der Waals surface area contributed by atoms with Gasteiger partial charge in [-0.15, -0.1) is 0 Å². The minimum atomic E-state index is -0.997. The molecular formula is C17H18O5. The fraction of sp³-hybridized carbons (Fsp3) is 0.412. The Morgan fingerprint density at radius 3 is 2.14 bits per heavy atom. The maximum absolute atomic E-state index is 12.4. The van der Waals surface area contributed by atoms with Crippen LogP contribution in [0.25, 0.3) is 0 Å². The van der Waals surface area contributed by atoms with E-state index in [4.69, 9.17) is 14.2 Å². The zero-order valence-corrected chi connectivity index (χ0v) is 13.1. The zero-order chi connectivity index (χ0) is 16.1. The Morgan fingerprint density at radius 2 is 1.59 bits per heavy atom. The Balaban J connectivity index is 2.37. The van der Waals surface area contributed by atoms with Gasteiger partial charge >= 0.3 is 11.9 Å². The van der Waals surface area contributed by atoms with E-state index in [2.05, 4.69) is 0 Å². The fourth-order valence-electron chi connectivity index (χ4n) is 3.73. The van der Waals surface area contributed by atoms with Crippen molar-refractivity contribution in [1.29, 1.82) is 0 Å². The summed E-state index contributed by atoms with van der Waals surface area (Å²) in [6, 6.07) is 7.64. The molecule has 1 aromatic carbocycles. The van der Waals surface area contributed by atoms with Crippen LogP contribution in [0.15, 0.2) is 35.4 Å². The Hall–Kier alpha value is -2.14. The van der Waals surface area contributed by atoms with Crippen molar-refractivity contribution in [2.45, 2.75) is 31.5 Å². The Bertz CT molecular complexity index is 705. The number of ether oxygens (including phenoxy) is 3. The summed E-state index contributed by atoms with van der Waals surface area (Å²) in [4.78, 5) is 24.7. The van der Waals surface area contributed by atoms with Gasteiger partial charge < -0.3 is 14.2 Å². The molecule has 3 rings (SSSR count). The van der Waals surface area contributed by atoms with E-state index in [1.165, 1.54) is 14.2 Å². The van der Waals surface area contributed by atoms with Crippen LogP contribution in [0.5, 0.6) is 0 Å². The van der Waals surface area contributed by atoms with Gasteiger partial charge in [0.2, 0.25) is 0 Å². The first-order valence-corrected chi connectivity index (χ1v) is 7.18. The van der Waals surface area contributed by atoms with Crippen LogP contribution >= 0.6 is 0 Å². The van der Waals surface area contributed by atoms with Crippen molar-refractivity contribution in [3.8, 4) is 0 Å². The van der Waals surface area contributed by atoms with E-state index in [1.54, 1.807) is 6.92 Å². The van der Waals surface area contributed by atoms with Crippen LogP contribution < -0.4 is 0 Å². The van der Waals surface area contributed by atoms with Crippen LogP contribution in [0.4, 0.5) is 0 Å². The molecule has 0 amide bonds. The van der Waals surface area contributed by atoms with Crippen LogP contribution in [0, 0.1) is 0 Å². The van der Waals surface area contributed by atoms with Crippen molar-refractivity contribution in [2.75, 3.05) is 14.2 Å². The van der Waals surface area contributed by atoms with Gasteiger partial charge in [0, 0.05) is 0 Å². The summed E-state index contributed by atoms with van der Waals surface area (Å²) in [5.74, 6) is -1.12. The molecule has 0 unspecified atom stereocenters. The van der Waals surface area contributed by atoms with Crippen LogP contribution in [0.2, 0.25) is 0 Å². The molecule has 116 valence electrons. The molecule has 2 heterocycles. The highest BCUT2D eigenvalue weighted by Crippen LogP contribution is 2.62. The van der Waals surface area contributed by atoms with Gasteiger partial charge in [0.25, 0.3) is 0 Å². The average Bonchev–Trinajstić information content (AvgIpc) is 2.98. The number of fused-ring (bicyclic) bond motifs is 5. The minimum absolute atomic E-state index is 0.238. The van der Waals surface area contributed by atoms with E-state index in [0.29, 0.717) is 6.42 Å². The third-order valence-corrected chi connectivity index (χ3v) is 4.66. The molecular weight excluding hydrogens is 284 g/mol. The molecule has 0 fully saturated rings. The van der Waals surface area contributed by atoms with Gasteiger partial charge in [-0.25, -0.2) is 9.59 Å². The largest absolute Gasteiger partial charge is 0.466 e. The molecule has 22 heavy (non-hydrogen) atoms. The third kappa shape index (κ3) is 1.52. The van der Waals surface area contributed by atoms with E-state index in [-0.39, 0.29) is 11.1 Å². The number of esters is 2. The number of hydrogen-bond acceptors (Lipinski definition) is 5. The van der Waals surface area contributed by atoms with Crippen LogP contribution in [-0.4, -0.2) is 26.2 Å². The van der Waals surface area contributed by atoms with Crippen LogP contribution in [-0.2, 0) is 35.0 Å². The second kappa shape index (κ2) is 4.68. The molecule has 0 spiro atoms. The number of methoxy groups -OCH3 is 2. The highest BCUT2D eigenvalue weighted by molar-refractivity contribution is 6.05. The second-order valence-electron chi connectivity index (χ2n) is 5.59. The van der Waals surface area contributed by atoms with E-state index in [1.807, 2.05) is 31.2 Å². The number of carbonyl (C=O) groups is 2. The summed E-state index contributed by atoms with van der Waals surface area (Å²) < 4.78 is 16.1. The summed E-state index contributed by atoms with van der Waals surface area (Å²) in [7, 11) is 2.60. The number of carbonyl (C=O) groups excluding carboxylic acids is 2. The van der Waals surface area contributed by atoms with Crippen molar-refractivity contribution in [1.82, 2.24) is 0 Å². The van der Waals surface area contributed by atoms with Crippen molar-refractivity contribution >= 4 is 11.9 Å². The lowest BCUT2D eigenvalue weighted by Gasteiger charge is -2.28. The van der Waals surface area contributed by atoms with Crippen LogP contribution in [0.3, 0.4) is 0 Å². The quantitative estimate of drug-likeness (QED) is 0.801. The van der Waals surface area contributed by atoms with E-state index in [0.717, 1.165) is 11.1 Å². The lowest BCUT2D eigenvalue weighted by molar-refractivity contribution is -0.140. The molecule has 0 aromatic heterocycles.